The quantitative estimate of drug-likeness (QED) is 0.924. The molecular formula is C14H21N3O2S. The van der Waals surface area contributed by atoms with E-state index >= 15 is 0 Å². The monoisotopic (exact) mass is 295 g/mol. The van der Waals surface area contributed by atoms with Crippen molar-refractivity contribution in [3.8, 4) is 0 Å². The van der Waals surface area contributed by atoms with E-state index in [1.165, 1.54) is 24.2 Å². The molecule has 0 spiro atoms. The number of rotatable bonds is 4. The van der Waals surface area contributed by atoms with E-state index in [1.54, 1.807) is 0 Å². The summed E-state index contributed by atoms with van der Waals surface area (Å²) in [6.07, 6.45) is 2.74. The van der Waals surface area contributed by atoms with E-state index in [0.717, 1.165) is 28.8 Å². The lowest BCUT2D eigenvalue weighted by Gasteiger charge is -2.32. The standard InChI is InChI=1S/C14H21N3O2S/c1-3-15-14-16-9(2)12(20-14)13(18)17-6-7-19-11(8-17)10-4-5-10/h10-11H,3-8H2,1-2H3,(H,15,16). The van der Waals surface area contributed by atoms with E-state index < -0.39 is 0 Å². The fourth-order valence-corrected chi connectivity index (χ4v) is 3.58. The molecule has 2 heterocycles. The first-order chi connectivity index (χ1) is 9.69. The molecule has 20 heavy (non-hydrogen) atoms. The number of anilines is 1. The van der Waals surface area contributed by atoms with Gasteiger partial charge in [-0.2, -0.15) is 0 Å². The molecule has 0 aromatic carbocycles. The van der Waals surface area contributed by atoms with E-state index in [9.17, 15) is 4.79 Å². The number of carbonyl (C=O) groups is 1. The van der Waals surface area contributed by atoms with E-state index in [-0.39, 0.29) is 12.0 Å². The summed E-state index contributed by atoms with van der Waals surface area (Å²) in [5, 5.41) is 4.01. The molecular weight excluding hydrogens is 274 g/mol. The van der Waals surface area contributed by atoms with Gasteiger partial charge in [0.1, 0.15) is 4.88 Å². The molecule has 0 radical (unpaired) electrons. The van der Waals surface area contributed by atoms with Crippen molar-refractivity contribution in [3.05, 3.63) is 10.6 Å². The van der Waals surface area contributed by atoms with Crippen LogP contribution in [0.15, 0.2) is 0 Å². The molecule has 0 bridgehead atoms. The van der Waals surface area contributed by atoms with Gasteiger partial charge in [0, 0.05) is 19.6 Å². The predicted molar refractivity (Wildman–Crippen MR) is 79.4 cm³/mol. The molecule has 1 aromatic heterocycles. The average Bonchev–Trinajstić information content (AvgIpc) is 3.23. The summed E-state index contributed by atoms with van der Waals surface area (Å²) >= 11 is 1.46. The number of aryl methyl sites for hydroxylation is 1. The summed E-state index contributed by atoms with van der Waals surface area (Å²) in [5.41, 5.74) is 0.824. The lowest BCUT2D eigenvalue weighted by Crippen LogP contribution is -2.46. The van der Waals surface area contributed by atoms with Crippen LogP contribution in [0.2, 0.25) is 0 Å². The molecule has 2 fully saturated rings. The van der Waals surface area contributed by atoms with Gasteiger partial charge in [-0.25, -0.2) is 4.98 Å². The molecule has 3 rings (SSSR count). The summed E-state index contributed by atoms with van der Waals surface area (Å²) in [7, 11) is 0. The first-order valence-corrected chi connectivity index (χ1v) is 8.13. The third kappa shape index (κ3) is 2.81. The summed E-state index contributed by atoms with van der Waals surface area (Å²) in [6, 6.07) is 0. The zero-order valence-corrected chi connectivity index (χ0v) is 12.8. The Morgan fingerprint density at radius 1 is 1.55 bits per heavy atom. The second kappa shape index (κ2) is 5.69. The normalized spacial score (nSPS) is 22.9. The number of nitrogens with one attached hydrogen (secondary N) is 1. The van der Waals surface area contributed by atoms with Crippen molar-refractivity contribution in [2.24, 2.45) is 5.92 Å². The van der Waals surface area contributed by atoms with Gasteiger partial charge in [-0.3, -0.25) is 4.79 Å². The summed E-state index contributed by atoms with van der Waals surface area (Å²) < 4.78 is 5.77. The van der Waals surface area contributed by atoms with Gasteiger partial charge < -0.3 is 15.0 Å². The summed E-state index contributed by atoms with van der Waals surface area (Å²) in [5.74, 6) is 0.781. The molecule has 5 nitrogen and oxygen atoms in total. The molecule has 1 aromatic rings. The zero-order chi connectivity index (χ0) is 14.1. The summed E-state index contributed by atoms with van der Waals surface area (Å²) in [6.45, 7) is 6.84. The number of amides is 1. The molecule has 1 saturated carbocycles. The van der Waals surface area contributed by atoms with Gasteiger partial charge in [0.05, 0.1) is 18.4 Å². The highest BCUT2D eigenvalue weighted by Gasteiger charge is 2.37. The van der Waals surface area contributed by atoms with Crippen LogP contribution in [0.5, 0.6) is 0 Å². The van der Waals surface area contributed by atoms with Crippen LogP contribution in [0, 0.1) is 12.8 Å². The SMILES string of the molecule is CCNc1nc(C)c(C(=O)N2CCOC(C3CC3)C2)s1. The number of morpholine rings is 1. The minimum Gasteiger partial charge on any atom is -0.374 e. The number of thiazole rings is 1. The maximum atomic E-state index is 12.6. The van der Waals surface area contributed by atoms with E-state index in [1.807, 2.05) is 18.7 Å². The maximum absolute atomic E-state index is 12.6. The molecule has 1 atom stereocenters. The van der Waals surface area contributed by atoms with Crippen LogP contribution in [0.4, 0.5) is 5.13 Å². The smallest absolute Gasteiger partial charge is 0.266 e. The number of aromatic nitrogens is 1. The molecule has 1 amide bonds. The molecule has 1 aliphatic heterocycles. The Hall–Kier alpha value is -1.14. The number of carbonyl (C=O) groups excluding carboxylic acids is 1. The highest BCUT2D eigenvalue weighted by atomic mass is 32.1. The van der Waals surface area contributed by atoms with Crippen LogP contribution in [-0.2, 0) is 4.74 Å². The third-order valence-corrected chi connectivity index (χ3v) is 4.95. The molecule has 1 saturated heterocycles. The van der Waals surface area contributed by atoms with Crippen LogP contribution in [0.25, 0.3) is 0 Å². The first-order valence-electron chi connectivity index (χ1n) is 7.31. The van der Waals surface area contributed by atoms with Gasteiger partial charge >= 0.3 is 0 Å². The van der Waals surface area contributed by atoms with Crippen LogP contribution < -0.4 is 5.32 Å². The second-order valence-electron chi connectivity index (χ2n) is 5.46. The van der Waals surface area contributed by atoms with Gasteiger partial charge in [-0.05, 0) is 32.6 Å². The number of nitrogens with zero attached hydrogens (tertiary/aromatic N) is 2. The van der Waals surface area contributed by atoms with Crippen molar-refractivity contribution in [2.75, 3.05) is 31.6 Å². The van der Waals surface area contributed by atoms with Crippen molar-refractivity contribution < 1.29 is 9.53 Å². The maximum Gasteiger partial charge on any atom is 0.266 e. The van der Waals surface area contributed by atoms with E-state index in [4.69, 9.17) is 4.74 Å². The van der Waals surface area contributed by atoms with E-state index in [2.05, 4.69) is 10.3 Å². The van der Waals surface area contributed by atoms with Crippen LogP contribution in [0.1, 0.15) is 35.1 Å². The minimum absolute atomic E-state index is 0.109. The highest BCUT2D eigenvalue weighted by molar-refractivity contribution is 7.17. The Morgan fingerprint density at radius 3 is 3.05 bits per heavy atom. The van der Waals surface area contributed by atoms with Crippen molar-refractivity contribution >= 4 is 22.4 Å². The first kappa shape index (κ1) is 13.8. The Kier molecular flexibility index (Phi) is 3.94. The van der Waals surface area contributed by atoms with Gasteiger partial charge in [0.25, 0.3) is 5.91 Å². The highest BCUT2D eigenvalue weighted by Crippen LogP contribution is 2.36. The lowest BCUT2D eigenvalue weighted by molar-refractivity contribution is -0.0312. The Balaban J connectivity index is 1.70. The molecule has 1 unspecified atom stereocenters. The molecule has 110 valence electrons. The van der Waals surface area contributed by atoms with Crippen molar-refractivity contribution in [2.45, 2.75) is 32.8 Å². The average molecular weight is 295 g/mol. The molecule has 1 aliphatic carbocycles. The predicted octanol–water partition coefficient (Wildman–Crippen LogP) is 2.13. The van der Waals surface area contributed by atoms with Crippen molar-refractivity contribution in [3.63, 3.8) is 0 Å². The van der Waals surface area contributed by atoms with Gasteiger partial charge in [0.2, 0.25) is 0 Å². The number of ether oxygens (including phenoxy) is 1. The van der Waals surface area contributed by atoms with Crippen molar-refractivity contribution in [1.29, 1.82) is 0 Å². The van der Waals surface area contributed by atoms with Gasteiger partial charge in [-0.15, -0.1) is 0 Å². The molecule has 1 N–H and O–H groups in total. The Morgan fingerprint density at radius 2 is 2.35 bits per heavy atom. The van der Waals surface area contributed by atoms with Crippen molar-refractivity contribution in [1.82, 2.24) is 9.88 Å². The Labute approximate surface area is 123 Å². The molecule has 2 aliphatic rings. The van der Waals surface area contributed by atoms with Crippen LogP contribution in [0.3, 0.4) is 0 Å². The number of hydrogen-bond acceptors (Lipinski definition) is 5. The summed E-state index contributed by atoms with van der Waals surface area (Å²) in [4.78, 5) is 19.7. The fourth-order valence-electron chi connectivity index (χ4n) is 2.58. The topological polar surface area (TPSA) is 54.5 Å². The van der Waals surface area contributed by atoms with Gasteiger partial charge in [0.15, 0.2) is 5.13 Å². The fraction of sp³-hybridized carbons (Fsp3) is 0.714. The largest absolute Gasteiger partial charge is 0.374 e. The van der Waals surface area contributed by atoms with E-state index in [0.29, 0.717) is 19.1 Å². The Bertz CT molecular complexity index is 499. The number of hydrogen-bond donors (Lipinski definition) is 1. The van der Waals surface area contributed by atoms with Gasteiger partial charge in [-0.1, -0.05) is 11.3 Å². The lowest BCUT2D eigenvalue weighted by atomic mass is 10.2. The zero-order valence-electron chi connectivity index (χ0n) is 12.0. The van der Waals surface area contributed by atoms with Crippen LogP contribution >= 0.6 is 11.3 Å². The second-order valence-corrected chi connectivity index (χ2v) is 6.46. The molecule has 6 heteroatoms. The van der Waals surface area contributed by atoms with Crippen LogP contribution in [-0.4, -0.2) is 48.1 Å². The third-order valence-electron chi connectivity index (χ3n) is 3.85. The minimum atomic E-state index is 0.109.